The van der Waals surface area contributed by atoms with E-state index < -0.39 is 5.97 Å². The molecule has 2 aromatic carbocycles. The van der Waals surface area contributed by atoms with Gasteiger partial charge in [-0.2, -0.15) is 0 Å². The topological polar surface area (TPSA) is 67.8 Å². The van der Waals surface area contributed by atoms with Gasteiger partial charge in [0.2, 0.25) is 5.78 Å². The van der Waals surface area contributed by atoms with E-state index in [1.54, 1.807) is 24.3 Å². The summed E-state index contributed by atoms with van der Waals surface area (Å²) in [5.74, 6) is -0.637. The fraction of sp³-hybridized carbons (Fsp3) is 0.105. The molecule has 1 aliphatic rings. The van der Waals surface area contributed by atoms with Crippen molar-refractivity contribution in [3.63, 3.8) is 0 Å². The van der Waals surface area contributed by atoms with E-state index in [0.29, 0.717) is 22.5 Å². The van der Waals surface area contributed by atoms with E-state index in [0.717, 1.165) is 5.56 Å². The Kier molecular flexibility index (Phi) is 4.24. The molecule has 2 aromatic rings. The third kappa shape index (κ3) is 3.25. The largest absolute Gasteiger partial charge is 0.344 e. The predicted molar refractivity (Wildman–Crippen MR) is 91.9 cm³/mol. The van der Waals surface area contributed by atoms with Gasteiger partial charge in [-0.25, -0.2) is 10.5 Å². The molecule has 3 rings (SSSR count). The van der Waals surface area contributed by atoms with Crippen molar-refractivity contribution in [1.82, 2.24) is 5.48 Å². The zero-order chi connectivity index (χ0) is 17.1. The first-order chi connectivity index (χ1) is 11.5. The van der Waals surface area contributed by atoms with E-state index >= 15 is 0 Å². The number of ketones is 1. The molecule has 0 bridgehead atoms. The van der Waals surface area contributed by atoms with Crippen LogP contribution in [-0.2, 0) is 9.63 Å². The molecule has 1 N–H and O–H groups in total. The number of nitrogens with zero attached hydrogens (tertiary/aromatic N) is 1. The Hall–Kier alpha value is -3.21. The number of hydrogen-bond donors (Lipinski definition) is 1. The van der Waals surface area contributed by atoms with Crippen molar-refractivity contribution >= 4 is 28.8 Å². The van der Waals surface area contributed by atoms with Gasteiger partial charge in [0.1, 0.15) is 5.71 Å². The van der Waals surface area contributed by atoms with Crippen LogP contribution < -0.4 is 5.48 Å². The number of hydrogen-bond acceptors (Lipinski definition) is 5. The summed E-state index contributed by atoms with van der Waals surface area (Å²) in [6.07, 6.45) is 1.59. The number of Topliss-reactive ketones (excluding diaryl/α,β-unsaturated/α-hetero) is 1. The van der Waals surface area contributed by atoms with Crippen molar-refractivity contribution in [3.8, 4) is 0 Å². The summed E-state index contributed by atoms with van der Waals surface area (Å²) in [6, 6.07) is 14.7. The monoisotopic (exact) mass is 320 g/mol. The lowest BCUT2D eigenvalue weighted by atomic mass is 9.92. The van der Waals surface area contributed by atoms with E-state index in [4.69, 9.17) is 4.84 Å². The second-order valence-electron chi connectivity index (χ2n) is 5.46. The van der Waals surface area contributed by atoms with Gasteiger partial charge in [0.15, 0.2) is 0 Å². The molecule has 0 saturated carbocycles. The smallest absolute Gasteiger partial charge is 0.329 e. The molecule has 0 radical (unpaired) electrons. The lowest BCUT2D eigenvalue weighted by Crippen LogP contribution is -2.25. The first-order valence-corrected chi connectivity index (χ1v) is 7.49. The zero-order valence-corrected chi connectivity index (χ0v) is 13.4. The molecule has 24 heavy (non-hydrogen) atoms. The minimum absolute atomic E-state index is 0.167. The molecule has 0 unspecified atom stereocenters. The fourth-order valence-corrected chi connectivity index (χ4v) is 2.39. The van der Waals surface area contributed by atoms with Crippen molar-refractivity contribution in [1.29, 1.82) is 0 Å². The van der Waals surface area contributed by atoms with Crippen LogP contribution in [0.4, 0.5) is 5.69 Å². The van der Waals surface area contributed by atoms with Gasteiger partial charge in [-0.3, -0.25) is 9.59 Å². The standard InChI is InChI=1S/C19H16N2O3/c1-12-7-9-14(10-8-12)20-18-11-17(21-24-13(2)22)15-5-3-4-6-16(15)19(18)23/h3-11,21H,1-2H3. The highest BCUT2D eigenvalue weighted by Gasteiger charge is 2.24. The normalized spacial score (nSPS) is 14.8. The Labute approximate surface area is 139 Å². The first kappa shape index (κ1) is 15.7. The molecule has 120 valence electrons. The van der Waals surface area contributed by atoms with Crippen LogP contribution in [0, 0.1) is 6.92 Å². The van der Waals surface area contributed by atoms with Crippen LogP contribution in [0.15, 0.2) is 59.6 Å². The first-order valence-electron chi connectivity index (χ1n) is 7.49. The molecule has 0 atom stereocenters. The average Bonchev–Trinajstić information content (AvgIpc) is 2.58. The highest BCUT2D eigenvalue weighted by Crippen LogP contribution is 2.25. The van der Waals surface area contributed by atoms with E-state index in [9.17, 15) is 9.59 Å². The van der Waals surface area contributed by atoms with Gasteiger partial charge >= 0.3 is 5.97 Å². The van der Waals surface area contributed by atoms with Crippen molar-refractivity contribution in [2.75, 3.05) is 0 Å². The highest BCUT2D eigenvalue weighted by molar-refractivity contribution is 6.53. The molecule has 5 nitrogen and oxygen atoms in total. The Bertz CT molecular complexity index is 864. The maximum atomic E-state index is 12.7. The second kappa shape index (κ2) is 6.50. The van der Waals surface area contributed by atoms with Crippen LogP contribution in [0.1, 0.15) is 28.4 Å². The number of aryl methyl sites for hydroxylation is 1. The maximum Gasteiger partial charge on any atom is 0.329 e. The summed E-state index contributed by atoms with van der Waals surface area (Å²) in [5, 5.41) is 0. The number of nitrogens with one attached hydrogen (secondary N) is 1. The minimum atomic E-state index is -0.470. The second-order valence-corrected chi connectivity index (χ2v) is 5.46. The molecule has 0 spiro atoms. The Morgan fingerprint density at radius 2 is 1.71 bits per heavy atom. The number of hydroxylamine groups is 1. The fourth-order valence-electron chi connectivity index (χ4n) is 2.39. The number of fused-ring (bicyclic) bond motifs is 1. The molecule has 5 heteroatoms. The Balaban J connectivity index is 2.03. The zero-order valence-electron chi connectivity index (χ0n) is 13.4. The summed E-state index contributed by atoms with van der Waals surface area (Å²) >= 11 is 0. The van der Waals surface area contributed by atoms with Crippen molar-refractivity contribution < 1.29 is 14.4 Å². The maximum absolute atomic E-state index is 12.7. The highest BCUT2D eigenvalue weighted by atomic mass is 16.7. The molecule has 0 saturated heterocycles. The third-order valence-corrected chi connectivity index (χ3v) is 3.56. The van der Waals surface area contributed by atoms with Gasteiger partial charge < -0.3 is 4.84 Å². The molecule has 0 fully saturated rings. The number of rotatable bonds is 3. The molecule has 1 aliphatic carbocycles. The summed E-state index contributed by atoms with van der Waals surface area (Å²) in [6.45, 7) is 3.29. The van der Waals surface area contributed by atoms with Gasteiger partial charge in [-0.05, 0) is 25.1 Å². The lowest BCUT2D eigenvalue weighted by molar-refractivity contribution is -0.145. The van der Waals surface area contributed by atoms with Gasteiger partial charge in [0.25, 0.3) is 0 Å². The van der Waals surface area contributed by atoms with Crippen LogP contribution >= 0.6 is 0 Å². The van der Waals surface area contributed by atoms with Crippen molar-refractivity contribution in [3.05, 3.63) is 71.3 Å². The van der Waals surface area contributed by atoms with Gasteiger partial charge in [-0.15, -0.1) is 0 Å². The van der Waals surface area contributed by atoms with Gasteiger partial charge in [0, 0.05) is 18.1 Å². The number of benzene rings is 2. The summed E-state index contributed by atoms with van der Waals surface area (Å²) in [4.78, 5) is 33.0. The predicted octanol–water partition coefficient (Wildman–Crippen LogP) is 3.37. The van der Waals surface area contributed by atoms with Crippen LogP contribution in [0.25, 0.3) is 5.70 Å². The molecule has 0 heterocycles. The molecule has 0 aliphatic heterocycles. The molecular weight excluding hydrogens is 304 g/mol. The van der Waals surface area contributed by atoms with E-state index in [2.05, 4.69) is 10.5 Å². The van der Waals surface area contributed by atoms with Crippen LogP contribution in [0.2, 0.25) is 0 Å². The van der Waals surface area contributed by atoms with E-state index in [-0.39, 0.29) is 11.5 Å². The lowest BCUT2D eigenvalue weighted by Gasteiger charge is -2.18. The quantitative estimate of drug-likeness (QED) is 0.880. The summed E-state index contributed by atoms with van der Waals surface area (Å²) in [7, 11) is 0. The molecule has 0 amide bonds. The minimum Gasteiger partial charge on any atom is -0.344 e. The third-order valence-electron chi connectivity index (χ3n) is 3.56. The Morgan fingerprint density at radius 1 is 1.04 bits per heavy atom. The number of aliphatic imine (C=N–C) groups is 1. The number of allylic oxidation sites excluding steroid dienone is 1. The van der Waals surface area contributed by atoms with E-state index in [1.165, 1.54) is 6.92 Å². The SMILES string of the molecule is CC(=O)ONC1=CC(=Nc2ccc(C)cc2)C(=O)c2ccccc21. The van der Waals surface area contributed by atoms with Crippen LogP contribution in [0.3, 0.4) is 0 Å². The average molecular weight is 320 g/mol. The molecule has 0 aromatic heterocycles. The Morgan fingerprint density at radius 3 is 2.38 bits per heavy atom. The number of carbonyl (C=O) groups is 2. The van der Waals surface area contributed by atoms with Crippen LogP contribution in [-0.4, -0.2) is 17.5 Å². The summed E-state index contributed by atoms with van der Waals surface area (Å²) < 4.78 is 0. The number of carbonyl (C=O) groups excluding carboxylic acids is 2. The molecular formula is C19H16N2O3. The van der Waals surface area contributed by atoms with Gasteiger partial charge in [0.05, 0.1) is 11.4 Å². The summed E-state index contributed by atoms with van der Waals surface area (Å²) in [5.41, 5.74) is 6.40. The van der Waals surface area contributed by atoms with Crippen LogP contribution in [0.5, 0.6) is 0 Å². The van der Waals surface area contributed by atoms with Crippen molar-refractivity contribution in [2.45, 2.75) is 13.8 Å². The van der Waals surface area contributed by atoms with E-state index in [1.807, 2.05) is 37.3 Å². The van der Waals surface area contributed by atoms with Crippen molar-refractivity contribution in [2.24, 2.45) is 4.99 Å². The van der Waals surface area contributed by atoms with Gasteiger partial charge in [-0.1, -0.05) is 42.0 Å².